The molecule has 2 atom stereocenters. The van der Waals surface area contributed by atoms with Crippen LogP contribution in [0.25, 0.3) is 0 Å². The molecule has 1 N–H and O–H groups in total. The highest BCUT2D eigenvalue weighted by Crippen LogP contribution is 2.36. The molecule has 2 unspecified atom stereocenters. The summed E-state index contributed by atoms with van der Waals surface area (Å²) in [4.78, 5) is 2.56. The summed E-state index contributed by atoms with van der Waals surface area (Å²) in [5.41, 5.74) is 1.36. The third-order valence-corrected chi connectivity index (χ3v) is 3.63. The average Bonchev–Trinajstić information content (AvgIpc) is 2.74. The minimum atomic E-state index is 0.452. The van der Waals surface area contributed by atoms with Gasteiger partial charge in [0.25, 0.3) is 0 Å². The van der Waals surface area contributed by atoms with Gasteiger partial charge in [-0.05, 0) is 13.0 Å². The molecule has 2 heterocycles. The lowest BCUT2D eigenvalue weighted by atomic mass is 10.0. The molecular weight excluding hydrogens is 200 g/mol. The van der Waals surface area contributed by atoms with Gasteiger partial charge in [-0.1, -0.05) is 18.2 Å². The number of fused-ring (bicyclic) bond motifs is 1. The van der Waals surface area contributed by atoms with Gasteiger partial charge in [0.05, 0.1) is 6.04 Å². The lowest BCUT2D eigenvalue weighted by Gasteiger charge is -2.37. The number of nitrogens with zero attached hydrogens (tertiary/aromatic N) is 1. The van der Waals surface area contributed by atoms with E-state index in [0.29, 0.717) is 12.1 Å². The van der Waals surface area contributed by atoms with Gasteiger partial charge >= 0.3 is 0 Å². The molecule has 16 heavy (non-hydrogen) atoms. The van der Waals surface area contributed by atoms with Crippen LogP contribution in [0.2, 0.25) is 0 Å². The highest BCUT2D eigenvalue weighted by Gasteiger charge is 2.32. The second kappa shape index (κ2) is 4.07. The first-order chi connectivity index (χ1) is 7.86. The summed E-state index contributed by atoms with van der Waals surface area (Å²) in [6.07, 6.45) is 0. The number of para-hydroxylation sites is 1. The fourth-order valence-corrected chi connectivity index (χ4v) is 2.74. The minimum Gasteiger partial charge on any atom is -0.491 e. The van der Waals surface area contributed by atoms with E-state index in [-0.39, 0.29) is 0 Å². The number of nitrogens with one attached hydrogen (secondary N) is 1. The number of hydrogen-bond acceptors (Lipinski definition) is 3. The molecule has 2 aliphatic rings. The van der Waals surface area contributed by atoms with Gasteiger partial charge in [-0.25, -0.2) is 0 Å². The summed E-state index contributed by atoms with van der Waals surface area (Å²) >= 11 is 0. The van der Waals surface area contributed by atoms with Crippen molar-refractivity contribution in [2.75, 3.05) is 26.2 Å². The van der Waals surface area contributed by atoms with E-state index in [0.717, 1.165) is 32.0 Å². The molecule has 86 valence electrons. The zero-order valence-electron chi connectivity index (χ0n) is 9.65. The molecule has 0 aromatic heterocycles. The van der Waals surface area contributed by atoms with Gasteiger partial charge < -0.3 is 10.1 Å². The normalized spacial score (nSPS) is 29.8. The first kappa shape index (κ1) is 10.1. The van der Waals surface area contributed by atoms with Crippen molar-refractivity contribution in [1.29, 1.82) is 0 Å². The van der Waals surface area contributed by atoms with Gasteiger partial charge in [0, 0.05) is 31.2 Å². The number of ether oxygens (including phenoxy) is 1. The van der Waals surface area contributed by atoms with E-state index in [4.69, 9.17) is 4.74 Å². The Kier molecular flexibility index (Phi) is 2.58. The van der Waals surface area contributed by atoms with Crippen molar-refractivity contribution >= 4 is 0 Å². The van der Waals surface area contributed by atoms with Gasteiger partial charge in [0.1, 0.15) is 12.4 Å². The molecule has 2 aliphatic heterocycles. The van der Waals surface area contributed by atoms with Crippen molar-refractivity contribution in [1.82, 2.24) is 10.2 Å². The Morgan fingerprint density at radius 1 is 1.38 bits per heavy atom. The van der Waals surface area contributed by atoms with Crippen molar-refractivity contribution in [2.24, 2.45) is 0 Å². The van der Waals surface area contributed by atoms with Crippen molar-refractivity contribution < 1.29 is 4.74 Å². The van der Waals surface area contributed by atoms with Crippen LogP contribution >= 0.6 is 0 Å². The van der Waals surface area contributed by atoms with Gasteiger partial charge in [-0.3, -0.25) is 4.90 Å². The molecule has 0 spiro atoms. The lowest BCUT2D eigenvalue weighted by molar-refractivity contribution is 0.0990. The maximum atomic E-state index is 5.75. The predicted octanol–water partition coefficient (Wildman–Crippen LogP) is 1.41. The van der Waals surface area contributed by atoms with Gasteiger partial charge in [-0.15, -0.1) is 0 Å². The van der Waals surface area contributed by atoms with Crippen molar-refractivity contribution in [3.05, 3.63) is 29.8 Å². The molecule has 0 saturated carbocycles. The van der Waals surface area contributed by atoms with Crippen LogP contribution in [0.5, 0.6) is 5.75 Å². The SMILES string of the molecule is CC1CNCCN1C1COc2ccccc21. The van der Waals surface area contributed by atoms with E-state index < -0.39 is 0 Å². The Balaban J connectivity index is 1.86. The van der Waals surface area contributed by atoms with E-state index in [9.17, 15) is 0 Å². The van der Waals surface area contributed by atoms with Crippen LogP contribution < -0.4 is 10.1 Å². The van der Waals surface area contributed by atoms with Crippen LogP contribution in [0.15, 0.2) is 24.3 Å². The molecule has 1 aromatic rings. The Hall–Kier alpha value is -1.06. The fourth-order valence-electron chi connectivity index (χ4n) is 2.74. The molecule has 1 saturated heterocycles. The standard InChI is InChI=1S/C13H18N2O/c1-10-8-14-6-7-15(10)12-9-16-13-5-3-2-4-11(12)13/h2-5,10,12,14H,6-9H2,1H3. The highest BCUT2D eigenvalue weighted by molar-refractivity contribution is 5.39. The van der Waals surface area contributed by atoms with Crippen LogP contribution in [-0.4, -0.2) is 37.2 Å². The Bertz CT molecular complexity index is 380. The summed E-state index contributed by atoms with van der Waals surface area (Å²) in [6, 6.07) is 9.46. The third-order valence-electron chi connectivity index (χ3n) is 3.63. The molecule has 1 aromatic carbocycles. The first-order valence-corrected chi connectivity index (χ1v) is 6.04. The van der Waals surface area contributed by atoms with Crippen LogP contribution in [0.1, 0.15) is 18.5 Å². The van der Waals surface area contributed by atoms with Crippen molar-refractivity contribution in [3.63, 3.8) is 0 Å². The average molecular weight is 218 g/mol. The smallest absolute Gasteiger partial charge is 0.124 e. The zero-order valence-corrected chi connectivity index (χ0v) is 9.65. The quantitative estimate of drug-likeness (QED) is 0.771. The first-order valence-electron chi connectivity index (χ1n) is 6.04. The maximum absolute atomic E-state index is 5.75. The second-order valence-corrected chi connectivity index (χ2v) is 4.66. The Morgan fingerprint density at radius 2 is 2.25 bits per heavy atom. The number of hydrogen-bond donors (Lipinski definition) is 1. The summed E-state index contributed by atoms with van der Waals surface area (Å²) in [6.45, 7) is 6.38. The van der Waals surface area contributed by atoms with E-state index >= 15 is 0 Å². The Morgan fingerprint density at radius 3 is 3.12 bits per heavy atom. The van der Waals surface area contributed by atoms with E-state index in [2.05, 4.69) is 35.3 Å². The van der Waals surface area contributed by atoms with Gasteiger partial charge in [-0.2, -0.15) is 0 Å². The molecule has 3 heteroatoms. The lowest BCUT2D eigenvalue weighted by Crippen LogP contribution is -2.51. The second-order valence-electron chi connectivity index (χ2n) is 4.66. The number of benzene rings is 1. The third kappa shape index (κ3) is 1.60. The number of piperazine rings is 1. The molecule has 0 aliphatic carbocycles. The Labute approximate surface area is 96.4 Å². The fraction of sp³-hybridized carbons (Fsp3) is 0.538. The van der Waals surface area contributed by atoms with Gasteiger partial charge in [0.2, 0.25) is 0 Å². The molecule has 0 bridgehead atoms. The van der Waals surface area contributed by atoms with Crippen LogP contribution in [0, 0.1) is 0 Å². The zero-order chi connectivity index (χ0) is 11.0. The number of rotatable bonds is 1. The summed E-state index contributed by atoms with van der Waals surface area (Å²) < 4.78 is 5.75. The van der Waals surface area contributed by atoms with Gasteiger partial charge in [0.15, 0.2) is 0 Å². The van der Waals surface area contributed by atoms with Crippen molar-refractivity contribution in [3.8, 4) is 5.75 Å². The topological polar surface area (TPSA) is 24.5 Å². The summed E-state index contributed by atoms with van der Waals surface area (Å²) in [7, 11) is 0. The molecular formula is C13H18N2O. The van der Waals surface area contributed by atoms with E-state index in [1.54, 1.807) is 0 Å². The highest BCUT2D eigenvalue weighted by atomic mass is 16.5. The van der Waals surface area contributed by atoms with E-state index in [1.807, 2.05) is 6.07 Å². The molecule has 0 radical (unpaired) electrons. The van der Waals surface area contributed by atoms with Crippen molar-refractivity contribution in [2.45, 2.75) is 19.0 Å². The minimum absolute atomic E-state index is 0.452. The summed E-state index contributed by atoms with van der Waals surface area (Å²) in [5.74, 6) is 1.07. The van der Waals surface area contributed by atoms with Crippen LogP contribution in [0.3, 0.4) is 0 Å². The molecule has 3 nitrogen and oxygen atoms in total. The van der Waals surface area contributed by atoms with Crippen LogP contribution in [0.4, 0.5) is 0 Å². The monoisotopic (exact) mass is 218 g/mol. The summed E-state index contributed by atoms with van der Waals surface area (Å²) in [5, 5.41) is 3.43. The maximum Gasteiger partial charge on any atom is 0.124 e. The van der Waals surface area contributed by atoms with Crippen LogP contribution in [-0.2, 0) is 0 Å². The molecule has 3 rings (SSSR count). The largest absolute Gasteiger partial charge is 0.491 e. The molecule has 1 fully saturated rings. The molecule has 0 amide bonds. The van der Waals surface area contributed by atoms with E-state index in [1.165, 1.54) is 5.56 Å². The predicted molar refractivity (Wildman–Crippen MR) is 63.7 cm³/mol.